The molecular formula is C24H18O4. The molecule has 0 aliphatic carbocycles. The van der Waals surface area contributed by atoms with Crippen LogP contribution in [0.25, 0.3) is 22.3 Å². The largest absolute Gasteiger partial charge is 0.507 e. The fourth-order valence-corrected chi connectivity index (χ4v) is 3.45. The lowest BCUT2D eigenvalue weighted by Gasteiger charge is -2.18. The van der Waals surface area contributed by atoms with Gasteiger partial charge in [-0.2, -0.15) is 0 Å². The summed E-state index contributed by atoms with van der Waals surface area (Å²) < 4.78 is 6.06. The number of benzene rings is 3. The fraction of sp³-hybridized carbons (Fsp3) is 0.0417. The number of rotatable bonds is 4. The van der Waals surface area contributed by atoms with E-state index in [0.717, 1.165) is 11.1 Å². The fourth-order valence-electron chi connectivity index (χ4n) is 3.45. The highest BCUT2D eigenvalue weighted by atomic mass is 16.3. The number of phenols is 2. The van der Waals surface area contributed by atoms with Gasteiger partial charge in [0, 0.05) is 29.2 Å². The Kier molecular flexibility index (Phi) is 4.45. The van der Waals surface area contributed by atoms with Gasteiger partial charge in [-0.05, 0) is 5.56 Å². The van der Waals surface area contributed by atoms with Gasteiger partial charge < -0.3 is 14.6 Å². The van der Waals surface area contributed by atoms with E-state index in [9.17, 15) is 15.0 Å². The van der Waals surface area contributed by atoms with Gasteiger partial charge in [0.2, 0.25) is 0 Å². The summed E-state index contributed by atoms with van der Waals surface area (Å²) in [5, 5.41) is 21.0. The standard InChI is InChI=1S/C24H18O4/c1-2-17(15-9-5-3-6-10-15)22-18(25)13-19(26)23-20(27)14-21(28-24(22)23)16-11-7-4-8-12-16/h2-14,17,25-26H,1H2/t17-/m0/s1. The van der Waals surface area contributed by atoms with Crippen molar-refractivity contribution in [3.05, 3.63) is 107 Å². The van der Waals surface area contributed by atoms with Crippen molar-refractivity contribution in [3.8, 4) is 22.8 Å². The molecule has 4 heteroatoms. The van der Waals surface area contributed by atoms with Crippen molar-refractivity contribution in [2.24, 2.45) is 0 Å². The molecule has 0 fully saturated rings. The number of hydrogen-bond acceptors (Lipinski definition) is 4. The van der Waals surface area contributed by atoms with Gasteiger partial charge in [-0.25, -0.2) is 0 Å². The molecule has 28 heavy (non-hydrogen) atoms. The van der Waals surface area contributed by atoms with Gasteiger partial charge in [-0.1, -0.05) is 66.7 Å². The Labute approximate surface area is 161 Å². The third-order valence-corrected chi connectivity index (χ3v) is 4.76. The van der Waals surface area contributed by atoms with E-state index in [2.05, 4.69) is 6.58 Å². The molecule has 138 valence electrons. The first-order valence-corrected chi connectivity index (χ1v) is 8.85. The molecule has 1 atom stereocenters. The van der Waals surface area contributed by atoms with Gasteiger partial charge in [-0.15, -0.1) is 6.58 Å². The summed E-state index contributed by atoms with van der Waals surface area (Å²) in [5.74, 6) is -0.536. The van der Waals surface area contributed by atoms with Crippen molar-refractivity contribution in [1.82, 2.24) is 0 Å². The summed E-state index contributed by atoms with van der Waals surface area (Å²) in [6.07, 6.45) is 1.68. The number of fused-ring (bicyclic) bond motifs is 1. The molecule has 0 spiro atoms. The summed E-state index contributed by atoms with van der Waals surface area (Å²) in [6.45, 7) is 3.89. The van der Waals surface area contributed by atoms with E-state index in [1.807, 2.05) is 60.7 Å². The molecular weight excluding hydrogens is 352 g/mol. The zero-order chi connectivity index (χ0) is 19.7. The highest BCUT2D eigenvalue weighted by molar-refractivity contribution is 5.90. The molecule has 4 aromatic rings. The van der Waals surface area contributed by atoms with E-state index in [1.165, 1.54) is 12.1 Å². The Morgan fingerprint density at radius 2 is 1.54 bits per heavy atom. The molecule has 4 nitrogen and oxygen atoms in total. The SMILES string of the molecule is C=C[C@@H](c1ccccc1)c1c(O)cc(O)c2c(=O)cc(-c3ccccc3)oc12. The Balaban J connectivity index is 2.07. The summed E-state index contributed by atoms with van der Waals surface area (Å²) in [4.78, 5) is 12.8. The van der Waals surface area contributed by atoms with Crippen LogP contribution in [0.5, 0.6) is 11.5 Å². The minimum absolute atomic E-state index is 0.0373. The molecule has 0 aliphatic heterocycles. The summed E-state index contributed by atoms with van der Waals surface area (Å²) in [6, 6.07) is 21.2. The van der Waals surface area contributed by atoms with Crippen LogP contribution in [-0.4, -0.2) is 10.2 Å². The lowest BCUT2D eigenvalue weighted by molar-refractivity contribution is 0.446. The Hall–Kier alpha value is -3.79. The highest BCUT2D eigenvalue weighted by Crippen LogP contribution is 2.41. The number of aromatic hydroxyl groups is 2. The second kappa shape index (κ2) is 7.08. The first-order chi connectivity index (χ1) is 13.6. The lowest BCUT2D eigenvalue weighted by Crippen LogP contribution is -2.06. The normalized spacial score (nSPS) is 12.0. The third kappa shape index (κ3) is 2.95. The van der Waals surface area contributed by atoms with Crippen LogP contribution in [0.2, 0.25) is 0 Å². The summed E-state index contributed by atoms with van der Waals surface area (Å²) in [7, 11) is 0. The highest BCUT2D eigenvalue weighted by Gasteiger charge is 2.24. The number of hydrogen-bond donors (Lipinski definition) is 2. The second-order valence-corrected chi connectivity index (χ2v) is 6.50. The first kappa shape index (κ1) is 17.6. The molecule has 1 aromatic heterocycles. The lowest BCUT2D eigenvalue weighted by atomic mass is 9.89. The zero-order valence-corrected chi connectivity index (χ0v) is 15.0. The van der Waals surface area contributed by atoms with Crippen LogP contribution in [0.3, 0.4) is 0 Å². The average Bonchev–Trinajstić information content (AvgIpc) is 2.71. The maximum Gasteiger partial charge on any atom is 0.197 e. The molecule has 0 unspecified atom stereocenters. The molecule has 0 saturated carbocycles. The van der Waals surface area contributed by atoms with E-state index in [-0.39, 0.29) is 27.9 Å². The molecule has 3 aromatic carbocycles. The molecule has 0 saturated heterocycles. The van der Waals surface area contributed by atoms with Crippen LogP contribution in [0.15, 0.2) is 94.7 Å². The van der Waals surface area contributed by atoms with Crippen LogP contribution < -0.4 is 5.43 Å². The van der Waals surface area contributed by atoms with Crippen LogP contribution in [0.1, 0.15) is 17.0 Å². The summed E-state index contributed by atoms with van der Waals surface area (Å²) in [5.41, 5.74) is 1.77. The second-order valence-electron chi connectivity index (χ2n) is 6.50. The Bertz CT molecular complexity index is 1210. The van der Waals surface area contributed by atoms with Crippen LogP contribution >= 0.6 is 0 Å². The van der Waals surface area contributed by atoms with E-state index >= 15 is 0 Å². The summed E-state index contributed by atoms with van der Waals surface area (Å²) >= 11 is 0. The molecule has 0 amide bonds. The van der Waals surface area contributed by atoms with Crippen molar-refractivity contribution in [1.29, 1.82) is 0 Å². The Morgan fingerprint density at radius 1 is 0.893 bits per heavy atom. The van der Waals surface area contributed by atoms with Crippen LogP contribution in [0.4, 0.5) is 0 Å². The molecule has 4 rings (SSSR count). The van der Waals surface area contributed by atoms with Crippen molar-refractivity contribution in [2.75, 3.05) is 0 Å². The third-order valence-electron chi connectivity index (χ3n) is 4.76. The van der Waals surface area contributed by atoms with Gasteiger partial charge >= 0.3 is 0 Å². The van der Waals surface area contributed by atoms with E-state index < -0.39 is 5.92 Å². The minimum Gasteiger partial charge on any atom is -0.507 e. The van der Waals surface area contributed by atoms with E-state index in [4.69, 9.17) is 4.42 Å². The monoisotopic (exact) mass is 370 g/mol. The minimum atomic E-state index is -0.418. The van der Waals surface area contributed by atoms with Crippen molar-refractivity contribution in [2.45, 2.75) is 5.92 Å². The molecule has 0 bridgehead atoms. The van der Waals surface area contributed by atoms with Gasteiger partial charge in [0.25, 0.3) is 0 Å². The molecule has 0 radical (unpaired) electrons. The van der Waals surface area contributed by atoms with Crippen LogP contribution in [-0.2, 0) is 0 Å². The van der Waals surface area contributed by atoms with Gasteiger partial charge in [0.15, 0.2) is 5.43 Å². The molecule has 2 N–H and O–H groups in total. The van der Waals surface area contributed by atoms with E-state index in [0.29, 0.717) is 11.3 Å². The van der Waals surface area contributed by atoms with Crippen LogP contribution in [0, 0.1) is 0 Å². The molecule has 1 heterocycles. The van der Waals surface area contributed by atoms with E-state index in [1.54, 1.807) is 6.08 Å². The van der Waals surface area contributed by atoms with Crippen molar-refractivity contribution < 1.29 is 14.6 Å². The zero-order valence-electron chi connectivity index (χ0n) is 15.0. The average molecular weight is 370 g/mol. The van der Waals surface area contributed by atoms with Gasteiger partial charge in [-0.3, -0.25) is 4.79 Å². The van der Waals surface area contributed by atoms with Gasteiger partial charge in [0.1, 0.15) is 28.2 Å². The quantitative estimate of drug-likeness (QED) is 0.485. The van der Waals surface area contributed by atoms with Crippen molar-refractivity contribution >= 4 is 11.0 Å². The molecule has 0 aliphatic rings. The smallest absolute Gasteiger partial charge is 0.197 e. The Morgan fingerprint density at radius 3 is 2.18 bits per heavy atom. The maximum atomic E-state index is 12.8. The van der Waals surface area contributed by atoms with Crippen molar-refractivity contribution in [3.63, 3.8) is 0 Å². The predicted molar refractivity (Wildman–Crippen MR) is 110 cm³/mol. The predicted octanol–water partition coefficient (Wildman–Crippen LogP) is 5.19. The van der Waals surface area contributed by atoms with Gasteiger partial charge in [0.05, 0.1) is 0 Å². The maximum absolute atomic E-state index is 12.8. The first-order valence-electron chi connectivity index (χ1n) is 8.85. The number of phenolic OH excluding ortho intramolecular Hbond substituents is 2. The topological polar surface area (TPSA) is 70.7 Å². The number of allylic oxidation sites excluding steroid dienone is 1.